The second kappa shape index (κ2) is 9.29. The summed E-state index contributed by atoms with van der Waals surface area (Å²) in [5, 5.41) is 11.0. The maximum Gasteiger partial charge on any atom is 0.277 e. The lowest BCUT2D eigenvalue weighted by molar-refractivity contribution is -0.123. The summed E-state index contributed by atoms with van der Waals surface area (Å²) in [5.41, 5.74) is 4.89. The van der Waals surface area contributed by atoms with E-state index in [9.17, 15) is 4.79 Å². The number of hydrogen-bond acceptors (Lipinski definition) is 4. The van der Waals surface area contributed by atoms with Gasteiger partial charge in [0, 0.05) is 10.0 Å². The Morgan fingerprint density at radius 3 is 2.56 bits per heavy atom. The van der Waals surface area contributed by atoms with E-state index in [-0.39, 0.29) is 12.5 Å². The molecule has 3 rings (SSSR count). The summed E-state index contributed by atoms with van der Waals surface area (Å²) in [6.45, 7) is -0.172. The molecule has 0 atom stereocenters. The molecule has 0 aliphatic heterocycles. The summed E-state index contributed by atoms with van der Waals surface area (Å²) in [6, 6.07) is 15.3. The first-order valence-electron chi connectivity index (χ1n) is 7.73. The van der Waals surface area contributed by atoms with E-state index in [4.69, 9.17) is 4.74 Å². The van der Waals surface area contributed by atoms with Crippen LogP contribution in [0.4, 0.5) is 0 Å². The maximum atomic E-state index is 11.9. The zero-order valence-electron chi connectivity index (χ0n) is 13.7. The highest BCUT2D eigenvalue weighted by atomic mass is 79.9. The molecule has 3 aromatic rings. The van der Waals surface area contributed by atoms with Crippen LogP contribution in [-0.2, 0) is 4.79 Å². The Labute approximate surface area is 180 Å². The average Bonchev–Trinajstić information content (AvgIpc) is 3.10. The van der Waals surface area contributed by atoms with Crippen LogP contribution in [-0.4, -0.2) is 28.9 Å². The third-order valence-corrected chi connectivity index (χ3v) is 5.01. The Balaban J connectivity index is 1.53. The zero-order valence-corrected chi connectivity index (χ0v) is 18.5. The molecular weight excluding hydrogens is 544 g/mol. The van der Waals surface area contributed by atoms with Crippen molar-refractivity contribution in [2.24, 2.45) is 5.10 Å². The van der Waals surface area contributed by atoms with Crippen molar-refractivity contribution in [3.8, 4) is 17.0 Å². The van der Waals surface area contributed by atoms with Crippen LogP contribution in [0.2, 0.25) is 0 Å². The molecule has 2 aromatic carbocycles. The number of nitrogens with zero attached hydrogens (tertiary/aromatic N) is 2. The molecule has 0 unspecified atom stereocenters. The minimum atomic E-state index is -0.379. The number of benzene rings is 2. The Bertz CT molecular complexity index is 951. The van der Waals surface area contributed by atoms with Crippen molar-refractivity contribution in [2.75, 3.05) is 6.61 Å². The molecule has 0 aliphatic rings. The third kappa shape index (κ3) is 5.50. The Hall–Kier alpha value is -1.97. The summed E-state index contributed by atoms with van der Waals surface area (Å²) in [5.74, 6) is 0.161. The number of H-pyrrole nitrogens is 1. The number of nitrogens with one attached hydrogen (secondary N) is 2. The van der Waals surface area contributed by atoms with Gasteiger partial charge in [0.1, 0.15) is 5.75 Å². The van der Waals surface area contributed by atoms with Gasteiger partial charge in [-0.3, -0.25) is 9.89 Å². The van der Waals surface area contributed by atoms with Gasteiger partial charge in [0.25, 0.3) is 5.91 Å². The molecule has 1 aromatic heterocycles. The first kappa shape index (κ1) is 19.8. The van der Waals surface area contributed by atoms with E-state index < -0.39 is 0 Å². The van der Waals surface area contributed by atoms with Gasteiger partial charge in [-0.2, -0.15) is 10.2 Å². The molecule has 2 N–H and O–H groups in total. The molecule has 1 amide bonds. The predicted molar refractivity (Wildman–Crippen MR) is 115 cm³/mol. The van der Waals surface area contributed by atoms with Crippen molar-refractivity contribution < 1.29 is 9.53 Å². The van der Waals surface area contributed by atoms with E-state index in [0.717, 1.165) is 24.7 Å². The Morgan fingerprint density at radius 2 is 1.85 bits per heavy atom. The van der Waals surface area contributed by atoms with Crippen LogP contribution in [0.1, 0.15) is 5.69 Å². The summed E-state index contributed by atoms with van der Waals surface area (Å²) >= 11 is 10.2. The van der Waals surface area contributed by atoms with Crippen LogP contribution < -0.4 is 10.2 Å². The maximum absolute atomic E-state index is 11.9. The lowest BCUT2D eigenvalue weighted by Crippen LogP contribution is -2.24. The van der Waals surface area contributed by atoms with Gasteiger partial charge < -0.3 is 4.74 Å². The lowest BCUT2D eigenvalue weighted by Gasteiger charge is -2.09. The molecule has 9 heteroatoms. The van der Waals surface area contributed by atoms with Gasteiger partial charge in [-0.05, 0) is 50.1 Å². The van der Waals surface area contributed by atoms with Crippen LogP contribution in [0.5, 0.6) is 5.75 Å². The number of aromatic nitrogens is 2. The van der Waals surface area contributed by atoms with E-state index in [1.165, 1.54) is 6.21 Å². The van der Waals surface area contributed by atoms with Gasteiger partial charge >= 0.3 is 0 Å². The average molecular weight is 557 g/mol. The fraction of sp³-hybridized carbons (Fsp3) is 0.0556. The minimum Gasteiger partial charge on any atom is -0.481 e. The number of amides is 1. The predicted octanol–water partition coefficient (Wildman–Crippen LogP) is 4.89. The van der Waals surface area contributed by atoms with Gasteiger partial charge in [-0.25, -0.2) is 5.43 Å². The van der Waals surface area contributed by atoms with E-state index in [1.807, 2.05) is 48.5 Å². The second-order valence-corrected chi connectivity index (χ2v) is 7.98. The van der Waals surface area contributed by atoms with E-state index >= 15 is 0 Å². The quantitative estimate of drug-likeness (QED) is 0.335. The number of carbonyl (C=O) groups is 1. The SMILES string of the molecule is O=C(COc1c(Br)cc(Br)cc1Br)N/N=C\c1cc(-c2ccccc2)n[nH]1. The van der Waals surface area contributed by atoms with E-state index in [1.54, 1.807) is 0 Å². The molecule has 138 valence electrons. The molecule has 0 fully saturated rings. The molecule has 0 bridgehead atoms. The van der Waals surface area contributed by atoms with Crippen molar-refractivity contribution in [3.63, 3.8) is 0 Å². The molecule has 0 radical (unpaired) electrons. The van der Waals surface area contributed by atoms with Gasteiger partial charge in [-0.15, -0.1) is 0 Å². The molecule has 1 heterocycles. The fourth-order valence-electron chi connectivity index (χ4n) is 2.17. The van der Waals surface area contributed by atoms with Gasteiger partial charge in [0.05, 0.1) is 26.5 Å². The highest BCUT2D eigenvalue weighted by Gasteiger charge is 2.10. The summed E-state index contributed by atoms with van der Waals surface area (Å²) in [6.07, 6.45) is 1.49. The van der Waals surface area contributed by atoms with Crippen LogP contribution >= 0.6 is 47.8 Å². The summed E-state index contributed by atoms with van der Waals surface area (Å²) < 4.78 is 7.87. The van der Waals surface area contributed by atoms with Crippen LogP contribution in [0, 0.1) is 0 Å². The molecule has 6 nitrogen and oxygen atoms in total. The van der Waals surface area contributed by atoms with Crippen molar-refractivity contribution in [1.29, 1.82) is 0 Å². The normalized spacial score (nSPS) is 10.9. The van der Waals surface area contributed by atoms with Gasteiger partial charge in [-0.1, -0.05) is 46.3 Å². The molecule has 0 saturated heterocycles. The van der Waals surface area contributed by atoms with Gasteiger partial charge in [0.15, 0.2) is 6.61 Å². The van der Waals surface area contributed by atoms with E-state index in [0.29, 0.717) is 11.4 Å². The number of hydrogen-bond donors (Lipinski definition) is 2. The summed E-state index contributed by atoms with van der Waals surface area (Å²) in [4.78, 5) is 11.9. The molecule has 0 saturated carbocycles. The zero-order chi connectivity index (χ0) is 19.2. The largest absolute Gasteiger partial charge is 0.481 e. The minimum absolute atomic E-state index is 0.172. The third-order valence-electron chi connectivity index (χ3n) is 3.37. The van der Waals surface area contributed by atoms with Crippen molar-refractivity contribution in [1.82, 2.24) is 15.6 Å². The number of aromatic amines is 1. The first-order chi connectivity index (χ1) is 13.0. The fourth-order valence-corrected chi connectivity index (χ4v) is 4.66. The number of halogens is 3. The molecule has 0 spiro atoms. The van der Waals surface area contributed by atoms with E-state index in [2.05, 4.69) is 68.5 Å². The second-order valence-electron chi connectivity index (χ2n) is 5.35. The van der Waals surface area contributed by atoms with Crippen LogP contribution in [0.25, 0.3) is 11.3 Å². The van der Waals surface area contributed by atoms with Crippen LogP contribution in [0.15, 0.2) is 67.1 Å². The van der Waals surface area contributed by atoms with Crippen molar-refractivity contribution in [2.45, 2.75) is 0 Å². The molecule has 27 heavy (non-hydrogen) atoms. The van der Waals surface area contributed by atoms with Crippen LogP contribution in [0.3, 0.4) is 0 Å². The molecular formula is C18H13Br3N4O2. The first-order valence-corrected chi connectivity index (χ1v) is 10.1. The number of carbonyl (C=O) groups excluding carboxylic acids is 1. The Kier molecular flexibility index (Phi) is 6.81. The number of ether oxygens (including phenoxy) is 1. The number of hydrazone groups is 1. The van der Waals surface area contributed by atoms with Crippen molar-refractivity contribution in [3.05, 3.63) is 67.6 Å². The highest BCUT2D eigenvalue weighted by molar-refractivity contribution is 9.11. The Morgan fingerprint density at radius 1 is 1.15 bits per heavy atom. The summed E-state index contributed by atoms with van der Waals surface area (Å²) in [7, 11) is 0. The lowest BCUT2D eigenvalue weighted by atomic mass is 10.1. The topological polar surface area (TPSA) is 79.4 Å². The molecule has 0 aliphatic carbocycles. The van der Waals surface area contributed by atoms with Crippen molar-refractivity contribution >= 4 is 59.9 Å². The number of rotatable bonds is 6. The standard InChI is InChI=1S/C18H13Br3N4O2/c19-12-6-14(20)18(15(21)7-12)27-10-17(26)25-22-9-13-8-16(24-23-13)11-4-2-1-3-5-11/h1-9H,10H2,(H,23,24)(H,25,26)/b22-9-. The monoisotopic (exact) mass is 554 g/mol. The smallest absolute Gasteiger partial charge is 0.277 e. The highest BCUT2D eigenvalue weighted by Crippen LogP contribution is 2.36. The van der Waals surface area contributed by atoms with Gasteiger partial charge in [0.2, 0.25) is 0 Å².